The van der Waals surface area contributed by atoms with Crippen molar-refractivity contribution in [3.8, 4) is 17.2 Å². The van der Waals surface area contributed by atoms with Gasteiger partial charge in [0.1, 0.15) is 11.6 Å². The molecule has 0 saturated carbocycles. The molecule has 2 aliphatic rings. The van der Waals surface area contributed by atoms with E-state index in [-0.39, 0.29) is 5.91 Å². The zero-order chi connectivity index (χ0) is 27.8. The van der Waals surface area contributed by atoms with Crippen LogP contribution in [0.15, 0.2) is 48.7 Å². The molecule has 0 radical (unpaired) electrons. The molecule has 0 spiro atoms. The first kappa shape index (κ1) is 26.6. The molecule has 0 aliphatic carbocycles. The molecule has 0 unspecified atom stereocenters. The highest BCUT2D eigenvalue weighted by Crippen LogP contribution is 2.35. The number of aryl methyl sites for hydroxylation is 1. The van der Waals surface area contributed by atoms with Crippen LogP contribution in [-0.2, 0) is 10.2 Å². The molecule has 4 heterocycles. The van der Waals surface area contributed by atoms with Crippen LogP contribution in [0.4, 0.5) is 17.3 Å². The fourth-order valence-electron chi connectivity index (χ4n) is 4.90. The number of carbonyl (C=O) groups excluding carboxylic acids is 1. The molecule has 2 aliphatic heterocycles. The maximum Gasteiger partial charge on any atom is 0.255 e. The van der Waals surface area contributed by atoms with Gasteiger partial charge in [-0.15, -0.1) is 0 Å². The predicted octanol–water partition coefficient (Wildman–Crippen LogP) is 3.91. The number of nitriles is 1. The van der Waals surface area contributed by atoms with Crippen molar-refractivity contribution in [2.24, 2.45) is 0 Å². The summed E-state index contributed by atoms with van der Waals surface area (Å²) in [4.78, 5) is 26.7. The van der Waals surface area contributed by atoms with Gasteiger partial charge in [-0.05, 0) is 80.8 Å². The molecule has 2 fully saturated rings. The van der Waals surface area contributed by atoms with E-state index < -0.39 is 11.0 Å². The second-order valence-electron chi connectivity index (χ2n) is 11.2. The molecule has 0 atom stereocenters. The van der Waals surface area contributed by atoms with E-state index in [1.165, 1.54) is 0 Å². The average molecular weight is 527 g/mol. The molecule has 39 heavy (non-hydrogen) atoms. The van der Waals surface area contributed by atoms with Crippen LogP contribution >= 0.6 is 0 Å². The minimum atomic E-state index is -0.797. The van der Waals surface area contributed by atoms with E-state index in [0.717, 1.165) is 41.4 Å². The normalized spacial score (nSPS) is 16.8. The molecule has 2 N–H and O–H groups in total. The number of hydrogen-bond donors (Lipinski definition) is 2. The third-order valence-electron chi connectivity index (χ3n) is 7.27. The molecule has 3 aromatic rings. The van der Waals surface area contributed by atoms with Gasteiger partial charge in [-0.25, -0.2) is 4.98 Å². The molecule has 9 heteroatoms. The largest absolute Gasteiger partial charge is 0.386 e. The Morgan fingerprint density at radius 1 is 1.10 bits per heavy atom. The standard InChI is InChI=1S/C30H34N6O3/c1-20-5-6-23(33-28(37)21-7-8-32-25(13-21)29(2,3)17-31)16-24(20)22-14-26(35-9-11-39-12-10-35)34-27(15-22)36-18-30(4,38)19-36/h5-8,13-16,38H,9-12,18-19H2,1-4H3,(H,33,37). The lowest BCUT2D eigenvalue weighted by molar-refractivity contribution is 0.0305. The number of nitrogens with one attached hydrogen (secondary N) is 1. The Morgan fingerprint density at radius 2 is 1.79 bits per heavy atom. The number of morpholine rings is 1. The van der Waals surface area contributed by atoms with Crippen molar-refractivity contribution in [3.05, 3.63) is 65.5 Å². The molecule has 2 saturated heterocycles. The van der Waals surface area contributed by atoms with E-state index in [2.05, 4.69) is 32.2 Å². The van der Waals surface area contributed by atoms with Crippen molar-refractivity contribution in [3.63, 3.8) is 0 Å². The average Bonchev–Trinajstić information content (AvgIpc) is 2.93. The van der Waals surface area contributed by atoms with E-state index in [1.807, 2.05) is 38.1 Å². The number of pyridine rings is 2. The Morgan fingerprint density at radius 3 is 2.46 bits per heavy atom. The first-order chi connectivity index (χ1) is 18.5. The molecule has 2 aromatic heterocycles. The topological polar surface area (TPSA) is 115 Å². The van der Waals surface area contributed by atoms with Gasteiger partial charge < -0.3 is 25.0 Å². The highest BCUT2D eigenvalue weighted by molar-refractivity contribution is 6.04. The smallest absolute Gasteiger partial charge is 0.255 e. The molecule has 202 valence electrons. The van der Waals surface area contributed by atoms with Gasteiger partial charge in [-0.1, -0.05) is 6.07 Å². The summed E-state index contributed by atoms with van der Waals surface area (Å²) in [5, 5.41) is 22.8. The van der Waals surface area contributed by atoms with Crippen molar-refractivity contribution >= 4 is 23.2 Å². The van der Waals surface area contributed by atoms with Crippen molar-refractivity contribution in [2.45, 2.75) is 38.7 Å². The fourth-order valence-corrected chi connectivity index (χ4v) is 4.90. The van der Waals surface area contributed by atoms with Gasteiger partial charge in [0, 0.05) is 43.6 Å². The van der Waals surface area contributed by atoms with Gasteiger partial charge in [0.25, 0.3) is 5.91 Å². The Balaban J connectivity index is 1.46. The summed E-state index contributed by atoms with van der Waals surface area (Å²) >= 11 is 0. The molecular weight excluding hydrogens is 492 g/mol. The van der Waals surface area contributed by atoms with E-state index in [9.17, 15) is 15.2 Å². The van der Waals surface area contributed by atoms with E-state index >= 15 is 0 Å². The minimum Gasteiger partial charge on any atom is -0.386 e. The van der Waals surface area contributed by atoms with Crippen molar-refractivity contribution in [1.82, 2.24) is 9.97 Å². The fraction of sp³-hybridized carbons (Fsp3) is 0.400. The number of ether oxygens (including phenoxy) is 1. The van der Waals surface area contributed by atoms with Gasteiger partial charge in [-0.3, -0.25) is 9.78 Å². The van der Waals surface area contributed by atoms with Crippen LogP contribution in [0.5, 0.6) is 0 Å². The zero-order valence-electron chi connectivity index (χ0n) is 22.9. The number of aromatic nitrogens is 2. The number of aliphatic hydroxyl groups is 1. The molecule has 9 nitrogen and oxygen atoms in total. The second kappa shape index (κ2) is 10.3. The van der Waals surface area contributed by atoms with Crippen molar-refractivity contribution in [2.75, 3.05) is 54.5 Å². The number of anilines is 3. The lowest BCUT2D eigenvalue weighted by Gasteiger charge is -2.45. The van der Waals surface area contributed by atoms with Crippen molar-refractivity contribution in [1.29, 1.82) is 5.26 Å². The highest BCUT2D eigenvalue weighted by atomic mass is 16.5. The summed E-state index contributed by atoms with van der Waals surface area (Å²) in [7, 11) is 0. The Hall–Kier alpha value is -4.00. The summed E-state index contributed by atoms with van der Waals surface area (Å²) in [6, 6.07) is 15.5. The summed E-state index contributed by atoms with van der Waals surface area (Å²) in [5.74, 6) is 1.42. The number of hydrogen-bond acceptors (Lipinski definition) is 8. The van der Waals surface area contributed by atoms with Crippen LogP contribution in [-0.4, -0.2) is 66.0 Å². The van der Waals surface area contributed by atoms with Gasteiger partial charge in [0.2, 0.25) is 0 Å². The Bertz CT molecular complexity index is 1430. The lowest BCUT2D eigenvalue weighted by Crippen LogP contribution is -2.60. The third kappa shape index (κ3) is 5.72. The predicted molar refractivity (Wildman–Crippen MR) is 151 cm³/mol. The van der Waals surface area contributed by atoms with Gasteiger partial charge in [0.05, 0.1) is 36.0 Å². The highest BCUT2D eigenvalue weighted by Gasteiger charge is 2.37. The molecule has 1 amide bonds. The van der Waals surface area contributed by atoms with Gasteiger partial charge in [0.15, 0.2) is 0 Å². The maximum atomic E-state index is 13.1. The molecule has 1 aromatic carbocycles. The zero-order valence-corrected chi connectivity index (χ0v) is 22.9. The summed E-state index contributed by atoms with van der Waals surface area (Å²) in [6.45, 7) is 11.3. The summed E-state index contributed by atoms with van der Waals surface area (Å²) < 4.78 is 5.54. The number of rotatable bonds is 6. The van der Waals surface area contributed by atoms with Crippen molar-refractivity contribution < 1.29 is 14.6 Å². The van der Waals surface area contributed by atoms with Crippen LogP contribution in [0.3, 0.4) is 0 Å². The summed E-state index contributed by atoms with van der Waals surface area (Å²) in [5.41, 5.74) is 3.18. The Labute approximate surface area is 229 Å². The molecular formula is C30H34N6O3. The van der Waals surface area contributed by atoms with Crippen LogP contribution in [0.1, 0.15) is 42.4 Å². The van der Waals surface area contributed by atoms with Gasteiger partial charge >= 0.3 is 0 Å². The minimum absolute atomic E-state index is 0.269. The third-order valence-corrected chi connectivity index (χ3v) is 7.27. The first-order valence-corrected chi connectivity index (χ1v) is 13.2. The number of β-amino-alcohol motifs (C(OH)–C–C–N with tert-alkyl or cyclic N) is 1. The number of nitrogens with zero attached hydrogens (tertiary/aromatic N) is 5. The quantitative estimate of drug-likeness (QED) is 0.497. The Kier molecular flexibility index (Phi) is 7.02. The summed E-state index contributed by atoms with van der Waals surface area (Å²) in [6.07, 6.45) is 1.56. The monoisotopic (exact) mass is 526 g/mol. The molecule has 5 rings (SSSR count). The number of benzene rings is 1. The van der Waals surface area contributed by atoms with E-state index in [1.54, 1.807) is 32.2 Å². The maximum absolute atomic E-state index is 13.1. The SMILES string of the molecule is Cc1ccc(NC(=O)c2ccnc(C(C)(C)C#N)c2)cc1-c1cc(N2CCOCC2)nc(N2CC(C)(O)C2)c1. The first-order valence-electron chi connectivity index (χ1n) is 13.2. The van der Waals surface area contributed by atoms with Gasteiger partial charge in [-0.2, -0.15) is 5.26 Å². The van der Waals surface area contributed by atoms with Crippen LogP contribution < -0.4 is 15.1 Å². The number of amides is 1. The van der Waals surface area contributed by atoms with Crippen LogP contribution in [0.2, 0.25) is 0 Å². The molecule has 0 bridgehead atoms. The second-order valence-corrected chi connectivity index (χ2v) is 11.2. The number of carbonyl (C=O) groups is 1. The van der Waals surface area contributed by atoms with E-state index in [0.29, 0.717) is 43.2 Å². The van der Waals surface area contributed by atoms with E-state index in [4.69, 9.17) is 9.72 Å². The lowest BCUT2D eigenvalue weighted by atomic mass is 9.90. The van der Waals surface area contributed by atoms with Crippen LogP contribution in [0, 0.1) is 18.3 Å². The van der Waals surface area contributed by atoms with Crippen LogP contribution in [0.25, 0.3) is 11.1 Å².